The molecule has 0 atom stereocenters. The van der Waals surface area contributed by atoms with Crippen LogP contribution >= 0.6 is 0 Å². The second kappa shape index (κ2) is 5.68. The van der Waals surface area contributed by atoms with Crippen molar-refractivity contribution in [2.24, 2.45) is 0 Å². The minimum atomic E-state index is 0.804. The van der Waals surface area contributed by atoms with Crippen LogP contribution in [-0.4, -0.2) is 19.3 Å². The Balaban J connectivity index is 3.74. The van der Waals surface area contributed by atoms with Crippen LogP contribution in [0.5, 0.6) is 0 Å². The van der Waals surface area contributed by atoms with Crippen molar-refractivity contribution in [3.63, 3.8) is 0 Å². The standard InChI is InChI=1S/C11H18BN/c1-9(2)7-6-8-13(12)11(5)10(3)4/h1,3,5-8H2,2,4H3. The van der Waals surface area contributed by atoms with Crippen LogP contribution in [0.2, 0.25) is 0 Å². The predicted octanol–water partition coefficient (Wildman–Crippen LogP) is 2.82. The number of hydrogen-bond donors (Lipinski definition) is 0. The molecule has 1 nitrogen and oxygen atoms in total. The van der Waals surface area contributed by atoms with Gasteiger partial charge in [0.25, 0.3) is 0 Å². The molecule has 0 rings (SSSR count). The van der Waals surface area contributed by atoms with Gasteiger partial charge in [-0.2, -0.15) is 0 Å². The fourth-order valence-electron chi connectivity index (χ4n) is 0.931. The zero-order chi connectivity index (χ0) is 10.4. The molecule has 13 heavy (non-hydrogen) atoms. The number of allylic oxidation sites excluding steroid dienone is 2. The van der Waals surface area contributed by atoms with E-state index < -0.39 is 0 Å². The van der Waals surface area contributed by atoms with E-state index in [0.29, 0.717) is 0 Å². The van der Waals surface area contributed by atoms with Crippen LogP contribution in [-0.2, 0) is 0 Å². The summed E-state index contributed by atoms with van der Waals surface area (Å²) in [5, 5.41) is 0. The number of hydrogen-bond acceptors (Lipinski definition) is 1. The largest absolute Gasteiger partial charge is 0.425 e. The molecular formula is C11H18BN. The van der Waals surface area contributed by atoms with Gasteiger partial charge in [0.2, 0.25) is 7.98 Å². The van der Waals surface area contributed by atoms with E-state index in [1.165, 1.54) is 5.57 Å². The summed E-state index contributed by atoms with van der Waals surface area (Å²) in [6, 6.07) is 0. The average Bonchev–Trinajstić information content (AvgIpc) is 2.02. The monoisotopic (exact) mass is 175 g/mol. The Kier molecular flexibility index (Phi) is 5.28. The molecule has 0 aromatic heterocycles. The third-order valence-corrected chi connectivity index (χ3v) is 1.84. The van der Waals surface area contributed by atoms with Crippen LogP contribution in [0.1, 0.15) is 26.7 Å². The molecule has 0 aliphatic rings. The molecule has 0 N–H and O–H groups in total. The summed E-state index contributed by atoms with van der Waals surface area (Å²) in [5.41, 5.74) is 2.91. The van der Waals surface area contributed by atoms with Crippen LogP contribution in [0.25, 0.3) is 0 Å². The first-order valence-corrected chi connectivity index (χ1v) is 4.46. The van der Waals surface area contributed by atoms with E-state index >= 15 is 0 Å². The van der Waals surface area contributed by atoms with Crippen molar-refractivity contribution in [1.82, 2.24) is 4.81 Å². The quantitative estimate of drug-likeness (QED) is 0.341. The molecule has 0 heterocycles. The molecule has 0 unspecified atom stereocenters. The molecule has 0 amide bonds. The van der Waals surface area contributed by atoms with E-state index in [4.69, 9.17) is 7.98 Å². The highest BCUT2D eigenvalue weighted by atomic mass is 15.0. The van der Waals surface area contributed by atoms with E-state index in [-0.39, 0.29) is 0 Å². The number of rotatable bonds is 6. The summed E-state index contributed by atoms with van der Waals surface area (Å²) in [7, 11) is 5.75. The molecule has 0 aromatic rings. The van der Waals surface area contributed by atoms with E-state index in [9.17, 15) is 0 Å². The Morgan fingerprint density at radius 2 is 1.77 bits per heavy atom. The Hall–Kier alpha value is -0.915. The molecule has 0 aromatic carbocycles. The first kappa shape index (κ1) is 12.1. The van der Waals surface area contributed by atoms with Crippen molar-refractivity contribution in [3.8, 4) is 0 Å². The lowest BCUT2D eigenvalue weighted by atomic mass is 10.1. The van der Waals surface area contributed by atoms with Crippen LogP contribution in [0, 0.1) is 0 Å². The Labute approximate surface area is 83.3 Å². The molecule has 2 radical (unpaired) electrons. The second-order valence-electron chi connectivity index (χ2n) is 3.48. The number of nitrogens with zero attached hydrogens (tertiary/aromatic N) is 1. The lowest BCUT2D eigenvalue weighted by molar-refractivity contribution is 0.539. The van der Waals surface area contributed by atoms with Crippen molar-refractivity contribution in [2.45, 2.75) is 26.7 Å². The Bertz CT molecular complexity index is 218. The molecule has 0 saturated heterocycles. The zero-order valence-electron chi connectivity index (χ0n) is 8.77. The fourth-order valence-corrected chi connectivity index (χ4v) is 0.931. The van der Waals surface area contributed by atoms with E-state index in [1.807, 2.05) is 13.8 Å². The van der Waals surface area contributed by atoms with E-state index in [1.54, 1.807) is 4.81 Å². The van der Waals surface area contributed by atoms with Gasteiger partial charge in [0.05, 0.1) is 0 Å². The van der Waals surface area contributed by atoms with E-state index in [2.05, 4.69) is 19.7 Å². The molecule has 0 aliphatic carbocycles. The summed E-state index contributed by atoms with van der Waals surface area (Å²) in [5.74, 6) is 0. The maximum absolute atomic E-state index is 5.75. The van der Waals surface area contributed by atoms with Crippen molar-refractivity contribution >= 4 is 7.98 Å². The van der Waals surface area contributed by atoms with Crippen LogP contribution < -0.4 is 0 Å². The summed E-state index contributed by atoms with van der Waals surface area (Å²) in [4.78, 5) is 1.64. The predicted molar refractivity (Wildman–Crippen MR) is 60.5 cm³/mol. The van der Waals surface area contributed by atoms with Gasteiger partial charge in [-0.05, 0) is 32.3 Å². The fraction of sp³-hybridized carbons (Fsp3) is 0.455. The van der Waals surface area contributed by atoms with Gasteiger partial charge in [0, 0.05) is 12.2 Å². The smallest absolute Gasteiger partial charge is 0.226 e. The molecule has 0 saturated carbocycles. The van der Waals surface area contributed by atoms with E-state index in [0.717, 1.165) is 30.7 Å². The summed E-state index contributed by atoms with van der Waals surface area (Å²) in [6.45, 7) is 16.2. The molecule has 70 valence electrons. The maximum Gasteiger partial charge on any atom is 0.226 e. The highest BCUT2D eigenvalue weighted by molar-refractivity contribution is 6.05. The van der Waals surface area contributed by atoms with Crippen molar-refractivity contribution in [1.29, 1.82) is 0 Å². The molecular weight excluding hydrogens is 157 g/mol. The van der Waals surface area contributed by atoms with Gasteiger partial charge >= 0.3 is 0 Å². The lowest BCUT2D eigenvalue weighted by Gasteiger charge is -2.22. The van der Waals surface area contributed by atoms with Crippen molar-refractivity contribution in [3.05, 3.63) is 36.6 Å². The molecule has 0 spiro atoms. The molecule has 2 heteroatoms. The third kappa shape index (κ3) is 5.34. The highest BCUT2D eigenvalue weighted by Gasteiger charge is 2.01. The minimum Gasteiger partial charge on any atom is -0.425 e. The first-order chi connectivity index (χ1) is 5.95. The summed E-state index contributed by atoms with van der Waals surface area (Å²) in [6.07, 6.45) is 2.02. The summed E-state index contributed by atoms with van der Waals surface area (Å²) < 4.78 is 0. The SMILES string of the molecule is [B]N(CCCC(=C)C)C(=C)C(=C)C. The van der Waals surface area contributed by atoms with Crippen LogP contribution in [0.3, 0.4) is 0 Å². The Morgan fingerprint density at radius 1 is 1.23 bits per heavy atom. The van der Waals surface area contributed by atoms with Gasteiger partial charge in [-0.3, -0.25) is 0 Å². The normalized spacial score (nSPS) is 9.38. The van der Waals surface area contributed by atoms with Gasteiger partial charge < -0.3 is 4.81 Å². The van der Waals surface area contributed by atoms with Crippen LogP contribution in [0.4, 0.5) is 0 Å². The molecule has 0 bridgehead atoms. The average molecular weight is 175 g/mol. The second-order valence-corrected chi connectivity index (χ2v) is 3.48. The zero-order valence-corrected chi connectivity index (χ0v) is 8.77. The molecule has 0 fully saturated rings. The third-order valence-electron chi connectivity index (χ3n) is 1.84. The van der Waals surface area contributed by atoms with Crippen molar-refractivity contribution in [2.75, 3.05) is 6.54 Å². The Morgan fingerprint density at radius 3 is 2.15 bits per heavy atom. The maximum atomic E-state index is 5.75. The highest BCUT2D eigenvalue weighted by Crippen LogP contribution is 2.09. The van der Waals surface area contributed by atoms with Gasteiger partial charge in [0.1, 0.15) is 0 Å². The first-order valence-electron chi connectivity index (χ1n) is 4.46. The van der Waals surface area contributed by atoms with Gasteiger partial charge in [0.15, 0.2) is 0 Å². The van der Waals surface area contributed by atoms with Gasteiger partial charge in [-0.15, -0.1) is 6.58 Å². The molecule has 0 aliphatic heterocycles. The van der Waals surface area contributed by atoms with Gasteiger partial charge in [-0.1, -0.05) is 18.7 Å². The lowest BCUT2D eigenvalue weighted by Crippen LogP contribution is -2.20. The van der Waals surface area contributed by atoms with Gasteiger partial charge in [-0.25, -0.2) is 0 Å². The summed E-state index contributed by atoms with van der Waals surface area (Å²) >= 11 is 0. The minimum absolute atomic E-state index is 0.804. The van der Waals surface area contributed by atoms with Crippen molar-refractivity contribution < 1.29 is 0 Å². The van der Waals surface area contributed by atoms with Crippen LogP contribution in [0.15, 0.2) is 36.6 Å². The topological polar surface area (TPSA) is 3.24 Å².